The van der Waals surface area contributed by atoms with E-state index in [1.54, 1.807) is 0 Å². The van der Waals surface area contributed by atoms with Crippen molar-refractivity contribution in [1.82, 2.24) is 18.3 Å². The van der Waals surface area contributed by atoms with E-state index < -0.39 is 54.4 Å². The van der Waals surface area contributed by atoms with Gasteiger partial charge in [-0.3, -0.25) is 0 Å². The predicted octanol–water partition coefficient (Wildman–Crippen LogP) is 33.1. The first-order chi connectivity index (χ1) is 72.1. The third-order valence-corrected chi connectivity index (χ3v) is 29.7. The zero-order valence-corrected chi connectivity index (χ0v) is 82.4. The third-order valence-electron chi connectivity index (χ3n) is 29.7. The summed E-state index contributed by atoms with van der Waals surface area (Å²) in [6, 6.07) is 113. The average molecular weight is 1820 g/mol. The lowest BCUT2D eigenvalue weighted by Gasteiger charge is -2.45. The fourth-order valence-electron chi connectivity index (χ4n) is 22.3. The third kappa shape index (κ3) is 15.2. The second-order valence-electron chi connectivity index (χ2n) is 44.1. The van der Waals surface area contributed by atoms with Gasteiger partial charge in [0.2, 0.25) is 0 Å². The molecule has 0 unspecified atom stereocenters. The van der Waals surface area contributed by atoms with Gasteiger partial charge in [-0.15, -0.1) is 0 Å². The Labute approximate surface area is 839 Å². The number of aryl methyl sites for hydroxylation is 2. The number of anilines is 5. The Kier molecular flexibility index (Phi) is 18.1. The van der Waals surface area contributed by atoms with Crippen molar-refractivity contribution in [3.05, 3.63) is 444 Å². The smallest absolute Gasteiger partial charge is 0.252 e. The lowest BCUT2D eigenvalue weighted by Crippen LogP contribution is -2.62. The summed E-state index contributed by atoms with van der Waals surface area (Å²) < 4.78 is 116. The monoisotopic (exact) mass is 1820 g/mol. The highest BCUT2D eigenvalue weighted by molar-refractivity contribution is 7.00. The summed E-state index contributed by atoms with van der Waals surface area (Å²) in [5.74, 6) is 0. The molecule has 0 saturated heterocycles. The summed E-state index contributed by atoms with van der Waals surface area (Å²) in [6.45, 7) is 35.4. The van der Waals surface area contributed by atoms with Gasteiger partial charge in [0.05, 0.1) is 37.1 Å². The van der Waals surface area contributed by atoms with Crippen LogP contribution < -0.4 is 26.2 Å². The van der Waals surface area contributed by atoms with Gasteiger partial charge < -0.3 is 28.1 Å². The van der Waals surface area contributed by atoms with Crippen LogP contribution in [0.5, 0.6) is 0 Å². The van der Waals surface area contributed by atoms with Crippen molar-refractivity contribution in [3.8, 4) is 55.9 Å². The number of fused-ring (bicyclic) bond motifs is 16. The first-order valence-corrected chi connectivity index (χ1v) is 49.4. The van der Waals surface area contributed by atoms with Gasteiger partial charge in [-0.05, 0) is 284 Å². The molecule has 6 nitrogen and oxygen atoms in total. The molecule has 0 bridgehead atoms. The lowest BCUT2D eigenvalue weighted by molar-refractivity contribution is 0.567. The molecular weight excluding hydrogens is 1690 g/mol. The van der Waals surface area contributed by atoms with Crippen molar-refractivity contribution in [2.45, 2.75) is 163 Å². The highest BCUT2D eigenvalue weighted by Crippen LogP contribution is 2.51. The number of rotatable bonds is 16. The van der Waals surface area contributed by atoms with Gasteiger partial charge >= 0.3 is 0 Å². The molecule has 0 fully saturated rings. The largest absolute Gasteiger partial charge is 0.340 e. The standard InChI is InChI=1S/C133H119BN6/c1-129(2,3)95-54-60-118-109(77-95)110-78-96(130(4,5)6)55-61-119(110)136(118)83-87-53-59-114-124(72-87)137(84-113-107(91-40-24-18-25-41-91)79-99(133(13,14)15)80-108(113)92-42-26-19-27-43-92)126-70-86(64-65-135-116-62-56-100(138-120-48-32-28-44-103(120)104-45-29-33-49-121(104)138)81-111(116)112-82-101(57-63-117(112)135)139-122-50-34-30-46-105(122)106-47-31-35-51-123(106)139)71-127-128(126)134(114)115-58-52-85(66-88-67-97(131(7,8)9)76-98(68-88)132(10,11)12)69-125(115)140(127)102-74-93(89-36-20-16-21-37-89)73-94(75-102)90-38-22-17-23-39-90/h16-63,67-82H,64-66,83-84H2,1-15H3/i28D,29D,32D,33D,44D,45D,48D,49D,56D,62D,81D. The van der Waals surface area contributed by atoms with Crippen LogP contribution in [0.25, 0.3) is 143 Å². The number of para-hydroxylation sites is 4. The molecule has 7 heteroatoms. The molecule has 24 rings (SSSR count). The van der Waals surface area contributed by atoms with Crippen molar-refractivity contribution in [3.63, 3.8) is 0 Å². The Morgan fingerprint density at radius 1 is 0.264 bits per heavy atom. The van der Waals surface area contributed by atoms with Gasteiger partial charge in [-0.25, -0.2) is 0 Å². The normalized spacial score (nSPS) is 14.2. The number of hydrogen-bond donors (Lipinski definition) is 0. The molecule has 2 aliphatic heterocycles. The van der Waals surface area contributed by atoms with Crippen LogP contribution in [-0.4, -0.2) is 25.0 Å². The van der Waals surface area contributed by atoms with Gasteiger partial charge in [0, 0.05) is 125 Å². The molecule has 18 aromatic carbocycles. The first-order valence-electron chi connectivity index (χ1n) is 54.9. The Balaban J connectivity index is 0.809. The van der Waals surface area contributed by atoms with Gasteiger partial charge in [-0.1, -0.05) is 365 Å². The summed E-state index contributed by atoms with van der Waals surface area (Å²) in [4.78, 5) is 5.24. The number of aromatic nitrogens is 4. The van der Waals surface area contributed by atoms with Crippen LogP contribution in [0.3, 0.4) is 0 Å². The molecule has 0 N–H and O–H groups in total. The van der Waals surface area contributed by atoms with Gasteiger partial charge in [0.25, 0.3) is 6.71 Å². The van der Waals surface area contributed by atoms with Crippen LogP contribution in [0.15, 0.2) is 388 Å². The number of nitrogens with zero attached hydrogens (tertiary/aromatic N) is 6. The molecule has 0 spiro atoms. The van der Waals surface area contributed by atoms with E-state index in [9.17, 15) is 12.3 Å². The van der Waals surface area contributed by atoms with Crippen LogP contribution in [0.1, 0.15) is 175 Å². The zero-order chi connectivity index (χ0) is 105. The quantitative estimate of drug-likeness (QED) is 0.0901. The fourth-order valence-corrected chi connectivity index (χ4v) is 22.3. The molecule has 0 saturated carbocycles. The van der Waals surface area contributed by atoms with Crippen LogP contribution in [0.2, 0.25) is 0 Å². The van der Waals surface area contributed by atoms with Crippen molar-refractivity contribution in [2.24, 2.45) is 0 Å². The minimum Gasteiger partial charge on any atom is -0.340 e. The Morgan fingerprint density at radius 2 is 0.721 bits per heavy atom. The first kappa shape index (κ1) is 75.9. The molecular formula is C133H119BN6. The van der Waals surface area contributed by atoms with Gasteiger partial charge in [-0.2, -0.15) is 0 Å². The van der Waals surface area contributed by atoms with Gasteiger partial charge in [0.15, 0.2) is 0 Å². The van der Waals surface area contributed by atoms with E-state index in [2.05, 4.69) is 425 Å². The average Bonchev–Trinajstić information content (AvgIpc) is 1.33. The second kappa shape index (κ2) is 33.3. The van der Waals surface area contributed by atoms with Gasteiger partial charge in [0.1, 0.15) is 0 Å². The van der Waals surface area contributed by atoms with Crippen LogP contribution >= 0.6 is 0 Å². The zero-order valence-electron chi connectivity index (χ0n) is 93.4. The Morgan fingerprint density at radius 3 is 1.27 bits per heavy atom. The summed E-state index contributed by atoms with van der Waals surface area (Å²) in [6.07, 6.45) is 0.958. The van der Waals surface area contributed by atoms with E-state index in [1.165, 1.54) is 48.7 Å². The van der Waals surface area contributed by atoms with E-state index in [0.717, 1.165) is 150 Å². The SMILES string of the molecule is [2H]c1c([2H])c([2H])c2c(c1[2H])c1c([2H])c([2H])c([2H])c([2H])c1n2-c1c([2H])c([2H])c2c(c1[2H])c1cc(-n3c4ccccc4c4ccccc43)ccc1n2CCc1cc2c3c(c1)N(c1cc(-c4ccccc4)cc(-c4ccccc4)c1)c1cc(Cc4cc(C(C)(C)C)cc(C(C)(C)C)c4)ccc1B3c1ccc(Cn3c4ccc(C(C)(C)C)cc4c4cc(C(C)(C)C)ccc43)cc1N2Cc1c(-c2ccccc2)cc(C(C)(C)C)cc1-c1ccccc1. The molecule has 2 aliphatic rings. The molecule has 0 amide bonds. The topological polar surface area (TPSA) is 26.2 Å². The minimum absolute atomic E-state index is 0.116. The summed E-state index contributed by atoms with van der Waals surface area (Å²) in [5.41, 5.74) is 33.3. The summed E-state index contributed by atoms with van der Waals surface area (Å²) in [5, 5.41) is 4.95. The number of benzene rings is 18. The molecule has 6 heterocycles. The minimum atomic E-state index is -0.635. The summed E-state index contributed by atoms with van der Waals surface area (Å²) in [7, 11) is 0. The molecule has 140 heavy (non-hydrogen) atoms. The molecule has 4 aromatic heterocycles. The lowest BCUT2D eigenvalue weighted by atomic mass is 9.33. The highest BCUT2D eigenvalue weighted by atomic mass is 15.2. The van der Waals surface area contributed by atoms with Crippen LogP contribution in [0, 0.1) is 0 Å². The second-order valence-corrected chi connectivity index (χ2v) is 44.1. The molecule has 22 aromatic rings. The predicted molar refractivity (Wildman–Crippen MR) is 599 cm³/mol. The van der Waals surface area contributed by atoms with Crippen molar-refractivity contribution in [2.75, 3.05) is 9.80 Å². The molecule has 684 valence electrons. The number of hydrogen-bond acceptors (Lipinski definition) is 2. The van der Waals surface area contributed by atoms with E-state index in [4.69, 9.17) is 2.74 Å². The van der Waals surface area contributed by atoms with E-state index in [1.807, 2.05) is 24.3 Å². The van der Waals surface area contributed by atoms with Crippen molar-refractivity contribution >= 4 is 139 Å². The van der Waals surface area contributed by atoms with Crippen LogP contribution in [-0.2, 0) is 59.6 Å². The van der Waals surface area contributed by atoms with Crippen LogP contribution in [0.4, 0.5) is 28.4 Å². The fraction of sp³-hybridized carbons (Fsp3) is 0.188. The summed E-state index contributed by atoms with van der Waals surface area (Å²) >= 11 is 0. The van der Waals surface area contributed by atoms with E-state index in [-0.39, 0.29) is 90.8 Å². The van der Waals surface area contributed by atoms with Crippen molar-refractivity contribution in [1.29, 1.82) is 0 Å². The maximum Gasteiger partial charge on any atom is 0.252 e. The Hall–Kier alpha value is -15.2. The Bertz CT molecular complexity index is 9100. The maximum absolute atomic E-state index is 11.2. The van der Waals surface area contributed by atoms with E-state index in [0.29, 0.717) is 36.8 Å². The maximum atomic E-state index is 11.2. The van der Waals surface area contributed by atoms with Crippen molar-refractivity contribution < 1.29 is 15.1 Å². The highest BCUT2D eigenvalue weighted by Gasteiger charge is 2.45. The van der Waals surface area contributed by atoms with E-state index >= 15 is 0 Å². The molecule has 0 atom stereocenters. The molecule has 0 radical (unpaired) electrons. The molecule has 0 aliphatic carbocycles.